The van der Waals surface area contributed by atoms with Crippen molar-refractivity contribution in [1.82, 2.24) is 5.32 Å². The van der Waals surface area contributed by atoms with E-state index in [2.05, 4.69) is 19.2 Å². The van der Waals surface area contributed by atoms with Gasteiger partial charge in [0.1, 0.15) is 0 Å². The van der Waals surface area contributed by atoms with E-state index in [1.165, 1.54) is 25.7 Å². The van der Waals surface area contributed by atoms with Crippen molar-refractivity contribution >= 4 is 0 Å². The summed E-state index contributed by atoms with van der Waals surface area (Å²) in [6.45, 7) is 5.89. The highest BCUT2D eigenvalue weighted by atomic mass is 16.3. The number of rotatable bonds is 3. The van der Waals surface area contributed by atoms with Gasteiger partial charge in [-0.1, -0.05) is 26.7 Å². The largest absolute Gasteiger partial charge is 0.393 e. The van der Waals surface area contributed by atoms with Crippen LogP contribution in [0, 0.1) is 11.3 Å². The fraction of sp³-hybridized carbons (Fsp3) is 1.00. The minimum Gasteiger partial charge on any atom is -0.393 e. The van der Waals surface area contributed by atoms with E-state index in [0.29, 0.717) is 11.5 Å². The molecule has 2 saturated carbocycles. The van der Waals surface area contributed by atoms with Crippen LogP contribution < -0.4 is 5.32 Å². The van der Waals surface area contributed by atoms with Crippen LogP contribution in [0.15, 0.2) is 0 Å². The topological polar surface area (TPSA) is 32.3 Å². The van der Waals surface area contributed by atoms with Gasteiger partial charge in [0.15, 0.2) is 0 Å². The molecule has 0 spiro atoms. The van der Waals surface area contributed by atoms with Crippen LogP contribution in [0.2, 0.25) is 0 Å². The molecule has 2 aliphatic rings. The van der Waals surface area contributed by atoms with E-state index in [1.54, 1.807) is 0 Å². The molecule has 2 nitrogen and oxygen atoms in total. The van der Waals surface area contributed by atoms with Gasteiger partial charge in [-0.2, -0.15) is 0 Å². The Kier molecular flexibility index (Phi) is 3.36. The van der Waals surface area contributed by atoms with E-state index in [0.717, 1.165) is 25.3 Å². The van der Waals surface area contributed by atoms with Crippen molar-refractivity contribution < 1.29 is 5.11 Å². The van der Waals surface area contributed by atoms with Crippen LogP contribution in [-0.2, 0) is 0 Å². The van der Waals surface area contributed by atoms with Crippen LogP contribution in [-0.4, -0.2) is 23.8 Å². The number of aliphatic hydroxyl groups excluding tert-OH is 1. The maximum Gasteiger partial charge on any atom is 0.0546 e. The van der Waals surface area contributed by atoms with Crippen molar-refractivity contribution in [1.29, 1.82) is 0 Å². The third kappa shape index (κ3) is 2.73. The van der Waals surface area contributed by atoms with Crippen molar-refractivity contribution in [2.75, 3.05) is 6.54 Å². The molecule has 2 fully saturated rings. The van der Waals surface area contributed by atoms with Crippen molar-refractivity contribution in [3.05, 3.63) is 0 Å². The van der Waals surface area contributed by atoms with Crippen molar-refractivity contribution in [3.63, 3.8) is 0 Å². The molecule has 1 unspecified atom stereocenters. The Morgan fingerprint density at radius 1 is 1.27 bits per heavy atom. The van der Waals surface area contributed by atoms with E-state index < -0.39 is 0 Å². The first-order valence-corrected chi connectivity index (χ1v) is 6.49. The van der Waals surface area contributed by atoms with Crippen molar-refractivity contribution in [2.24, 2.45) is 11.3 Å². The quantitative estimate of drug-likeness (QED) is 0.751. The highest BCUT2D eigenvalue weighted by molar-refractivity contribution is 4.89. The first-order chi connectivity index (χ1) is 7.08. The SMILES string of the molecule is CC1(C)CCCCC1NCC1CC(O)C1. The lowest BCUT2D eigenvalue weighted by Crippen LogP contribution is -2.47. The maximum atomic E-state index is 9.23. The molecule has 2 N–H and O–H groups in total. The van der Waals surface area contributed by atoms with Crippen molar-refractivity contribution in [2.45, 2.75) is 64.5 Å². The Hall–Kier alpha value is -0.0800. The monoisotopic (exact) mass is 211 g/mol. The van der Waals surface area contributed by atoms with Crippen LogP contribution in [0.4, 0.5) is 0 Å². The molecule has 0 radical (unpaired) electrons. The van der Waals surface area contributed by atoms with Crippen LogP contribution in [0.3, 0.4) is 0 Å². The second-order valence-electron chi connectivity index (χ2n) is 6.19. The fourth-order valence-electron chi connectivity index (χ4n) is 3.05. The summed E-state index contributed by atoms with van der Waals surface area (Å²) in [5.41, 5.74) is 0.473. The van der Waals surface area contributed by atoms with E-state index in [4.69, 9.17) is 0 Å². The zero-order valence-corrected chi connectivity index (χ0v) is 10.1. The molecular weight excluding hydrogens is 186 g/mol. The predicted molar refractivity (Wildman–Crippen MR) is 62.8 cm³/mol. The highest BCUT2D eigenvalue weighted by Gasteiger charge is 2.33. The first kappa shape index (κ1) is 11.4. The normalized spacial score (nSPS) is 39.8. The lowest BCUT2D eigenvalue weighted by atomic mass is 9.73. The molecular formula is C13H25NO. The second kappa shape index (κ2) is 4.42. The molecule has 0 saturated heterocycles. The summed E-state index contributed by atoms with van der Waals surface area (Å²) in [6, 6.07) is 0.698. The minimum atomic E-state index is -0.00355. The molecule has 0 aromatic rings. The van der Waals surface area contributed by atoms with Gasteiger partial charge in [-0.3, -0.25) is 0 Å². The Balaban J connectivity index is 1.73. The Labute approximate surface area is 93.5 Å². The highest BCUT2D eigenvalue weighted by Crippen LogP contribution is 2.36. The van der Waals surface area contributed by atoms with E-state index in [9.17, 15) is 5.11 Å². The lowest BCUT2D eigenvalue weighted by Gasteiger charge is -2.41. The molecule has 0 amide bonds. The van der Waals surface area contributed by atoms with E-state index >= 15 is 0 Å². The molecule has 0 aromatic carbocycles. The van der Waals surface area contributed by atoms with Crippen LogP contribution >= 0.6 is 0 Å². The Bertz CT molecular complexity index is 209. The van der Waals surface area contributed by atoms with Gasteiger partial charge in [0.2, 0.25) is 0 Å². The van der Waals surface area contributed by atoms with Gasteiger partial charge in [-0.05, 0) is 43.6 Å². The summed E-state index contributed by atoms with van der Waals surface area (Å²) in [4.78, 5) is 0. The van der Waals surface area contributed by atoms with Gasteiger partial charge in [0.25, 0.3) is 0 Å². The number of nitrogens with one attached hydrogen (secondary N) is 1. The number of aliphatic hydroxyl groups is 1. The zero-order valence-electron chi connectivity index (χ0n) is 10.1. The molecule has 1 atom stereocenters. The fourth-order valence-corrected chi connectivity index (χ4v) is 3.05. The summed E-state index contributed by atoms with van der Waals surface area (Å²) < 4.78 is 0. The summed E-state index contributed by atoms with van der Waals surface area (Å²) >= 11 is 0. The van der Waals surface area contributed by atoms with E-state index in [1.807, 2.05) is 0 Å². The van der Waals surface area contributed by atoms with Gasteiger partial charge < -0.3 is 10.4 Å². The van der Waals surface area contributed by atoms with Gasteiger partial charge in [0, 0.05) is 6.04 Å². The van der Waals surface area contributed by atoms with Gasteiger partial charge >= 0.3 is 0 Å². The predicted octanol–water partition coefficient (Wildman–Crippen LogP) is 2.32. The number of hydrogen-bond acceptors (Lipinski definition) is 2. The molecule has 2 rings (SSSR count). The molecule has 0 aromatic heterocycles. The minimum absolute atomic E-state index is 0.00355. The third-order valence-electron chi connectivity index (χ3n) is 4.37. The van der Waals surface area contributed by atoms with Crippen LogP contribution in [0.1, 0.15) is 52.4 Å². The smallest absolute Gasteiger partial charge is 0.0546 e. The molecule has 0 aliphatic heterocycles. The lowest BCUT2D eigenvalue weighted by molar-refractivity contribution is 0.0373. The standard InChI is InChI=1S/C13H25NO/c1-13(2)6-4-3-5-12(13)14-9-10-7-11(15)8-10/h10-12,14-15H,3-9H2,1-2H3. The van der Waals surface area contributed by atoms with Crippen LogP contribution in [0.25, 0.3) is 0 Å². The third-order valence-corrected chi connectivity index (χ3v) is 4.37. The van der Waals surface area contributed by atoms with Gasteiger partial charge in [-0.15, -0.1) is 0 Å². The second-order valence-corrected chi connectivity index (χ2v) is 6.19. The molecule has 2 aliphatic carbocycles. The Morgan fingerprint density at radius 3 is 2.60 bits per heavy atom. The summed E-state index contributed by atoms with van der Waals surface area (Å²) in [6.07, 6.45) is 7.50. The Morgan fingerprint density at radius 2 is 2.00 bits per heavy atom. The molecule has 0 heterocycles. The van der Waals surface area contributed by atoms with Gasteiger partial charge in [-0.25, -0.2) is 0 Å². The number of hydrogen-bond donors (Lipinski definition) is 2. The summed E-state index contributed by atoms with van der Waals surface area (Å²) in [5.74, 6) is 0.734. The molecule has 0 bridgehead atoms. The first-order valence-electron chi connectivity index (χ1n) is 6.49. The molecule has 2 heteroatoms. The van der Waals surface area contributed by atoms with E-state index in [-0.39, 0.29) is 6.10 Å². The average molecular weight is 211 g/mol. The van der Waals surface area contributed by atoms with Gasteiger partial charge in [0.05, 0.1) is 6.10 Å². The average Bonchev–Trinajstić information content (AvgIpc) is 2.12. The summed E-state index contributed by atoms with van der Waals surface area (Å²) in [5, 5.41) is 13.0. The zero-order chi connectivity index (χ0) is 10.9. The molecule has 15 heavy (non-hydrogen) atoms. The van der Waals surface area contributed by atoms with Crippen LogP contribution in [0.5, 0.6) is 0 Å². The molecule has 88 valence electrons. The van der Waals surface area contributed by atoms with Crippen molar-refractivity contribution in [3.8, 4) is 0 Å². The summed E-state index contributed by atoms with van der Waals surface area (Å²) in [7, 11) is 0. The maximum absolute atomic E-state index is 9.23.